The van der Waals surface area contributed by atoms with E-state index in [1.54, 1.807) is 36.4 Å². The van der Waals surface area contributed by atoms with Crippen LogP contribution in [0.5, 0.6) is 17.2 Å². The predicted molar refractivity (Wildman–Crippen MR) is 161 cm³/mol. The van der Waals surface area contributed by atoms with Gasteiger partial charge in [0.1, 0.15) is 5.75 Å². The minimum Gasteiger partial charge on any atom is -0.491 e. The van der Waals surface area contributed by atoms with Crippen molar-refractivity contribution in [1.29, 1.82) is 0 Å². The summed E-state index contributed by atoms with van der Waals surface area (Å²) in [6.45, 7) is 5.32. The summed E-state index contributed by atoms with van der Waals surface area (Å²) < 4.78 is 45.6. The van der Waals surface area contributed by atoms with E-state index in [-0.39, 0.29) is 17.2 Å². The lowest BCUT2D eigenvalue weighted by atomic mass is 10.0. The Balaban J connectivity index is 1.47. The monoisotopic (exact) mass is 566 g/mol. The van der Waals surface area contributed by atoms with Crippen LogP contribution in [0.2, 0.25) is 0 Å². The van der Waals surface area contributed by atoms with Crippen LogP contribution >= 0.6 is 0 Å². The maximum atomic E-state index is 14.6. The van der Waals surface area contributed by atoms with Gasteiger partial charge in [-0.25, -0.2) is 13.6 Å². The van der Waals surface area contributed by atoms with E-state index >= 15 is 0 Å². The van der Waals surface area contributed by atoms with E-state index in [9.17, 15) is 13.6 Å². The van der Waals surface area contributed by atoms with E-state index < -0.39 is 17.6 Å². The van der Waals surface area contributed by atoms with E-state index in [0.29, 0.717) is 24.3 Å². The van der Waals surface area contributed by atoms with Crippen molar-refractivity contribution < 1.29 is 27.8 Å². The van der Waals surface area contributed by atoms with Crippen molar-refractivity contribution in [2.45, 2.75) is 90.9 Å². The first-order valence-corrected chi connectivity index (χ1v) is 15.2. The molecule has 3 aromatic rings. The number of rotatable bonds is 19. The third-order valence-corrected chi connectivity index (χ3v) is 7.01. The van der Waals surface area contributed by atoms with Gasteiger partial charge in [-0.1, -0.05) is 96.3 Å². The molecule has 4 nitrogen and oxygen atoms in total. The fourth-order valence-corrected chi connectivity index (χ4v) is 4.55. The molecule has 6 heteroatoms. The van der Waals surface area contributed by atoms with Crippen LogP contribution in [-0.2, 0) is 0 Å². The van der Waals surface area contributed by atoms with E-state index in [1.165, 1.54) is 63.1 Å². The highest BCUT2D eigenvalue weighted by molar-refractivity contribution is 5.91. The van der Waals surface area contributed by atoms with Gasteiger partial charge in [-0.15, -0.1) is 0 Å². The number of ether oxygens (including phenoxy) is 3. The molecule has 0 aliphatic rings. The Morgan fingerprint density at radius 1 is 0.585 bits per heavy atom. The van der Waals surface area contributed by atoms with Crippen molar-refractivity contribution in [1.82, 2.24) is 0 Å². The summed E-state index contributed by atoms with van der Waals surface area (Å²) in [5.74, 6) is -1.11. The number of halogens is 2. The minimum absolute atomic E-state index is 0.0992. The molecule has 3 aromatic carbocycles. The Morgan fingerprint density at radius 3 is 1.61 bits per heavy atom. The number of benzene rings is 3. The molecule has 0 saturated heterocycles. The van der Waals surface area contributed by atoms with Crippen molar-refractivity contribution in [3.63, 3.8) is 0 Å². The largest absolute Gasteiger partial charge is 0.491 e. The first-order valence-electron chi connectivity index (χ1n) is 15.2. The zero-order valence-corrected chi connectivity index (χ0v) is 24.6. The molecule has 0 unspecified atom stereocenters. The smallest absolute Gasteiger partial charge is 0.343 e. The zero-order chi connectivity index (χ0) is 29.3. The van der Waals surface area contributed by atoms with Crippen molar-refractivity contribution in [2.75, 3.05) is 13.2 Å². The molecule has 0 N–H and O–H groups in total. The summed E-state index contributed by atoms with van der Waals surface area (Å²) in [6.07, 6.45) is 13.6. The first-order chi connectivity index (χ1) is 20.0. The second-order valence-electron chi connectivity index (χ2n) is 10.4. The minimum atomic E-state index is -0.610. The standard InChI is InChI=1S/C35H44F2O4/c1-3-5-7-9-11-13-23-39-33-21-19-29(25-31(33)36)27-15-17-28(18-16-27)35(38)41-30-20-22-34(32(37)26-30)40-24-14-12-10-8-6-4-2/h15-22,25-26H,3-14,23-24H2,1-2H3. The average Bonchev–Trinajstić information content (AvgIpc) is 2.98. The van der Waals surface area contributed by atoms with E-state index in [4.69, 9.17) is 14.2 Å². The Bertz CT molecular complexity index is 1190. The van der Waals surface area contributed by atoms with Crippen molar-refractivity contribution in [3.05, 3.63) is 77.9 Å². The van der Waals surface area contributed by atoms with Crippen molar-refractivity contribution in [3.8, 4) is 28.4 Å². The summed E-state index contributed by atoms with van der Waals surface area (Å²) in [5, 5.41) is 0. The number of carbonyl (C=O) groups is 1. The van der Waals surface area contributed by atoms with Gasteiger partial charge in [0.25, 0.3) is 0 Å². The average molecular weight is 567 g/mol. The molecule has 0 aromatic heterocycles. The lowest BCUT2D eigenvalue weighted by Crippen LogP contribution is -2.08. The van der Waals surface area contributed by atoms with E-state index in [0.717, 1.165) is 43.7 Å². The topological polar surface area (TPSA) is 44.8 Å². The fourth-order valence-electron chi connectivity index (χ4n) is 4.55. The second-order valence-corrected chi connectivity index (χ2v) is 10.4. The number of hydrogen-bond acceptors (Lipinski definition) is 4. The highest BCUT2D eigenvalue weighted by atomic mass is 19.1. The summed E-state index contributed by atoms with van der Waals surface area (Å²) in [7, 11) is 0. The summed E-state index contributed by atoms with van der Waals surface area (Å²) in [5.41, 5.74) is 1.73. The van der Waals surface area contributed by atoms with Crippen LogP contribution in [0.3, 0.4) is 0 Å². The molecule has 3 rings (SSSR count). The molecule has 0 fully saturated rings. The van der Waals surface area contributed by atoms with Crippen LogP contribution < -0.4 is 14.2 Å². The third-order valence-electron chi connectivity index (χ3n) is 7.01. The molecule has 0 radical (unpaired) electrons. The molecule has 0 aliphatic heterocycles. The van der Waals surface area contributed by atoms with Gasteiger partial charge in [-0.3, -0.25) is 0 Å². The first kappa shape index (κ1) is 32.1. The Labute approximate surface area is 244 Å². The Hall–Kier alpha value is -3.41. The molecule has 41 heavy (non-hydrogen) atoms. The molecule has 0 amide bonds. The molecule has 222 valence electrons. The van der Waals surface area contributed by atoms with Gasteiger partial charge in [0.15, 0.2) is 23.1 Å². The van der Waals surface area contributed by atoms with Gasteiger partial charge >= 0.3 is 5.97 Å². The van der Waals surface area contributed by atoms with Crippen LogP contribution in [0.25, 0.3) is 11.1 Å². The van der Waals surface area contributed by atoms with Gasteiger partial charge < -0.3 is 14.2 Å². The quantitative estimate of drug-likeness (QED) is 0.0822. The van der Waals surface area contributed by atoms with Gasteiger partial charge in [0.2, 0.25) is 0 Å². The molecule has 0 heterocycles. The maximum absolute atomic E-state index is 14.6. The van der Waals surface area contributed by atoms with Gasteiger partial charge in [0.05, 0.1) is 18.8 Å². The van der Waals surface area contributed by atoms with Crippen LogP contribution in [-0.4, -0.2) is 19.2 Å². The lowest BCUT2D eigenvalue weighted by molar-refractivity contribution is 0.0734. The van der Waals surface area contributed by atoms with Crippen molar-refractivity contribution in [2.24, 2.45) is 0 Å². The number of carbonyl (C=O) groups excluding carboxylic acids is 1. The highest BCUT2D eigenvalue weighted by Gasteiger charge is 2.13. The van der Waals surface area contributed by atoms with Crippen molar-refractivity contribution >= 4 is 5.97 Å². The van der Waals surface area contributed by atoms with Crippen LogP contribution in [0, 0.1) is 11.6 Å². The van der Waals surface area contributed by atoms with Crippen LogP contribution in [0.1, 0.15) is 101 Å². The second kappa shape index (κ2) is 18.1. The lowest BCUT2D eigenvalue weighted by Gasteiger charge is -2.10. The zero-order valence-electron chi connectivity index (χ0n) is 24.6. The predicted octanol–water partition coefficient (Wildman–Crippen LogP) is 10.3. The molecule has 0 atom stereocenters. The van der Waals surface area contributed by atoms with E-state index in [2.05, 4.69) is 13.8 Å². The molecule has 0 spiro atoms. The third kappa shape index (κ3) is 11.2. The summed E-state index contributed by atoms with van der Waals surface area (Å²) in [4.78, 5) is 12.6. The summed E-state index contributed by atoms with van der Waals surface area (Å²) >= 11 is 0. The molecular weight excluding hydrogens is 522 g/mol. The maximum Gasteiger partial charge on any atom is 0.343 e. The normalized spacial score (nSPS) is 10.9. The van der Waals surface area contributed by atoms with Crippen LogP contribution in [0.4, 0.5) is 8.78 Å². The Morgan fingerprint density at radius 2 is 1.07 bits per heavy atom. The SMILES string of the molecule is CCCCCCCCOc1ccc(OC(=O)c2ccc(-c3ccc(OCCCCCCCC)c(F)c3)cc2)cc1F. The molecule has 0 aliphatic carbocycles. The fraction of sp³-hybridized carbons (Fsp3) is 0.457. The van der Waals surface area contributed by atoms with Gasteiger partial charge in [0, 0.05) is 6.07 Å². The van der Waals surface area contributed by atoms with Gasteiger partial charge in [-0.2, -0.15) is 0 Å². The van der Waals surface area contributed by atoms with Crippen LogP contribution in [0.15, 0.2) is 60.7 Å². The van der Waals surface area contributed by atoms with Gasteiger partial charge in [-0.05, 0) is 60.4 Å². The highest BCUT2D eigenvalue weighted by Crippen LogP contribution is 2.27. The molecular formula is C35H44F2O4. The van der Waals surface area contributed by atoms with E-state index in [1.807, 2.05) is 0 Å². The Kier molecular flexibility index (Phi) is 14.2. The number of unbranched alkanes of at least 4 members (excludes halogenated alkanes) is 10. The number of hydrogen-bond donors (Lipinski definition) is 0. The molecule has 0 bridgehead atoms. The molecule has 0 saturated carbocycles. The summed E-state index contributed by atoms with van der Waals surface area (Å²) in [6, 6.07) is 15.7. The number of esters is 1.